The maximum absolute atomic E-state index is 14.1. The monoisotopic (exact) mass is 621 g/mol. The fraction of sp³-hybridized carbons (Fsp3) is 0.314. The molecule has 0 saturated carbocycles. The number of nitrogens with zero attached hydrogens (tertiary/aromatic N) is 1. The molecule has 6 nitrogen and oxygen atoms in total. The number of benzene rings is 4. The summed E-state index contributed by atoms with van der Waals surface area (Å²) >= 11 is 0. The van der Waals surface area contributed by atoms with Gasteiger partial charge in [-0.25, -0.2) is 3.63 Å². The van der Waals surface area contributed by atoms with E-state index in [1.54, 1.807) is 24.3 Å². The smallest absolute Gasteiger partial charge is 0.307 e. The normalized spacial score (nSPS) is 13.0. The second-order valence-electron chi connectivity index (χ2n) is 12.7. The Hall–Kier alpha value is -3.46. The van der Waals surface area contributed by atoms with Gasteiger partial charge in [-0.05, 0) is 138 Å². The SMILES string of the molecule is Cc1ccc(S(=O)(=O)OS(c2ccc(OC(C)(C)C)cc2)(c2ccc(OC(C)(C)C)cc2)c2cccc(N(C)C)c2)cc1. The van der Waals surface area contributed by atoms with E-state index in [2.05, 4.69) is 0 Å². The van der Waals surface area contributed by atoms with Crippen molar-refractivity contribution in [2.24, 2.45) is 0 Å². The summed E-state index contributed by atoms with van der Waals surface area (Å²) in [5.41, 5.74) is 1.10. The first-order chi connectivity index (χ1) is 20.0. The summed E-state index contributed by atoms with van der Waals surface area (Å²) in [6.45, 7) is 13.8. The van der Waals surface area contributed by atoms with Gasteiger partial charge in [0, 0.05) is 34.5 Å². The molecule has 0 N–H and O–H groups in total. The van der Waals surface area contributed by atoms with Crippen LogP contribution in [-0.4, -0.2) is 33.7 Å². The van der Waals surface area contributed by atoms with Gasteiger partial charge in [0.15, 0.2) is 0 Å². The van der Waals surface area contributed by atoms with Crippen molar-refractivity contribution in [2.75, 3.05) is 19.0 Å². The Morgan fingerprint density at radius 1 is 0.581 bits per heavy atom. The highest BCUT2D eigenvalue weighted by molar-refractivity contribution is 8.33. The Bertz CT molecular complexity index is 1570. The topological polar surface area (TPSA) is 65.1 Å². The maximum atomic E-state index is 14.1. The van der Waals surface area contributed by atoms with Crippen LogP contribution >= 0.6 is 10.3 Å². The number of ether oxygens (including phenoxy) is 2. The molecule has 0 aliphatic carbocycles. The number of hydrogen-bond donors (Lipinski definition) is 0. The first kappa shape index (κ1) is 32.5. The van der Waals surface area contributed by atoms with Gasteiger partial charge in [-0.1, -0.05) is 23.8 Å². The van der Waals surface area contributed by atoms with Crippen molar-refractivity contribution in [3.63, 3.8) is 0 Å². The van der Waals surface area contributed by atoms with E-state index in [9.17, 15) is 8.42 Å². The van der Waals surface area contributed by atoms with Gasteiger partial charge >= 0.3 is 10.1 Å². The van der Waals surface area contributed by atoms with Crippen molar-refractivity contribution in [2.45, 2.75) is 79.3 Å². The summed E-state index contributed by atoms with van der Waals surface area (Å²) in [5.74, 6) is 1.36. The van der Waals surface area contributed by atoms with Crippen molar-refractivity contribution in [1.82, 2.24) is 0 Å². The van der Waals surface area contributed by atoms with Crippen LogP contribution in [0.3, 0.4) is 0 Å². The molecule has 0 unspecified atom stereocenters. The van der Waals surface area contributed by atoms with Gasteiger partial charge in [-0.15, -0.1) is 0 Å². The highest BCUT2D eigenvalue weighted by Crippen LogP contribution is 2.70. The van der Waals surface area contributed by atoms with E-state index in [0.29, 0.717) is 21.3 Å². The lowest BCUT2D eigenvalue weighted by molar-refractivity contribution is 0.130. The molecule has 0 fully saturated rings. The lowest BCUT2D eigenvalue weighted by Gasteiger charge is -2.40. The van der Waals surface area contributed by atoms with Gasteiger partial charge in [-0.3, -0.25) is 0 Å². The largest absolute Gasteiger partial charge is 0.488 e. The zero-order valence-electron chi connectivity index (χ0n) is 26.5. The molecular weight excluding hydrogens is 579 g/mol. The van der Waals surface area contributed by atoms with Crippen LogP contribution in [0.15, 0.2) is 117 Å². The zero-order valence-corrected chi connectivity index (χ0v) is 28.2. The molecule has 0 spiro atoms. The molecule has 0 aliphatic heterocycles. The van der Waals surface area contributed by atoms with Crippen LogP contribution in [-0.2, 0) is 13.7 Å². The predicted octanol–water partition coefficient (Wildman–Crippen LogP) is 9.02. The highest BCUT2D eigenvalue weighted by Gasteiger charge is 2.39. The van der Waals surface area contributed by atoms with Gasteiger partial charge in [0.25, 0.3) is 0 Å². The van der Waals surface area contributed by atoms with E-state index in [1.807, 2.05) is 140 Å². The molecule has 0 saturated heterocycles. The average molecular weight is 622 g/mol. The fourth-order valence-corrected chi connectivity index (χ4v) is 9.66. The Morgan fingerprint density at radius 2 is 1.02 bits per heavy atom. The van der Waals surface area contributed by atoms with Gasteiger partial charge in [0.2, 0.25) is 0 Å². The predicted molar refractivity (Wildman–Crippen MR) is 176 cm³/mol. The summed E-state index contributed by atoms with van der Waals surface area (Å²) in [6.07, 6.45) is 0. The third-order valence-electron chi connectivity index (χ3n) is 6.33. The van der Waals surface area contributed by atoms with Crippen LogP contribution in [0.1, 0.15) is 47.1 Å². The Morgan fingerprint density at radius 3 is 1.44 bits per heavy atom. The van der Waals surface area contributed by atoms with Crippen LogP contribution in [0.5, 0.6) is 11.5 Å². The molecule has 43 heavy (non-hydrogen) atoms. The summed E-state index contributed by atoms with van der Waals surface area (Å²) in [7, 11) is -3.17. The lowest BCUT2D eigenvalue weighted by atomic mass is 10.2. The van der Waals surface area contributed by atoms with Crippen molar-refractivity contribution in [3.05, 3.63) is 103 Å². The second-order valence-corrected chi connectivity index (χ2v) is 17.1. The summed E-state index contributed by atoms with van der Waals surface area (Å²) < 4.78 is 47.1. The molecule has 8 heteroatoms. The number of aryl methyl sites for hydroxylation is 1. The molecule has 0 heterocycles. The van der Waals surface area contributed by atoms with E-state index in [-0.39, 0.29) is 16.1 Å². The van der Waals surface area contributed by atoms with Gasteiger partial charge in [-0.2, -0.15) is 8.42 Å². The number of rotatable bonds is 9. The third kappa shape index (κ3) is 7.93. The van der Waals surface area contributed by atoms with E-state index in [1.165, 1.54) is 0 Å². The van der Waals surface area contributed by atoms with Crippen LogP contribution in [0, 0.1) is 6.92 Å². The summed E-state index contributed by atoms with van der Waals surface area (Å²) in [4.78, 5) is 4.25. The first-order valence-corrected chi connectivity index (χ1v) is 17.2. The molecule has 0 atom stereocenters. The first-order valence-electron chi connectivity index (χ1n) is 14.2. The Labute approximate surface area is 259 Å². The molecular formula is C35H43NO5S2. The van der Waals surface area contributed by atoms with E-state index >= 15 is 0 Å². The van der Waals surface area contributed by atoms with Crippen LogP contribution < -0.4 is 14.4 Å². The molecule has 0 aliphatic rings. The molecule has 0 aromatic heterocycles. The number of anilines is 1. The Balaban J connectivity index is 2.01. The van der Waals surface area contributed by atoms with Gasteiger partial charge in [0.05, 0.1) is 4.90 Å². The van der Waals surface area contributed by atoms with Gasteiger partial charge < -0.3 is 14.4 Å². The van der Waals surface area contributed by atoms with Crippen LogP contribution in [0.4, 0.5) is 5.69 Å². The van der Waals surface area contributed by atoms with E-state index < -0.39 is 20.4 Å². The van der Waals surface area contributed by atoms with Crippen molar-refractivity contribution in [3.8, 4) is 11.5 Å². The van der Waals surface area contributed by atoms with Crippen molar-refractivity contribution in [1.29, 1.82) is 0 Å². The minimum Gasteiger partial charge on any atom is -0.488 e. The molecule has 0 bridgehead atoms. The van der Waals surface area contributed by atoms with E-state index in [4.69, 9.17) is 13.1 Å². The maximum Gasteiger partial charge on any atom is 0.307 e. The lowest BCUT2D eigenvalue weighted by Crippen LogP contribution is -2.23. The van der Waals surface area contributed by atoms with Gasteiger partial charge in [0.1, 0.15) is 22.7 Å². The molecule has 4 aromatic carbocycles. The van der Waals surface area contributed by atoms with E-state index in [0.717, 1.165) is 16.1 Å². The quantitative estimate of drug-likeness (QED) is 0.186. The van der Waals surface area contributed by atoms with Crippen molar-refractivity contribution >= 4 is 26.1 Å². The second kappa shape index (κ2) is 12.3. The average Bonchev–Trinajstić information content (AvgIpc) is 2.91. The molecule has 230 valence electrons. The summed E-state index contributed by atoms with van der Waals surface area (Å²) in [5, 5.41) is 0. The van der Waals surface area contributed by atoms with Crippen molar-refractivity contribution < 1.29 is 21.5 Å². The highest BCUT2D eigenvalue weighted by atomic mass is 32.3. The minimum absolute atomic E-state index is 0.0964. The minimum atomic E-state index is -4.23. The number of hydrogen-bond acceptors (Lipinski definition) is 6. The standard InChI is InChI=1S/C35H43NO5S2/c1-26-13-19-32(20-14-26)43(37,38)41-42(33-12-10-11-27(25-33)36(8)9,30-21-15-28(16-22-30)39-34(2,3)4)31-23-17-29(18-24-31)40-35(5,6)7/h10-25H,1-9H3. The molecule has 4 rings (SSSR count). The summed E-state index contributed by atoms with van der Waals surface area (Å²) in [6, 6.07) is 29.7. The van der Waals surface area contributed by atoms with Crippen LogP contribution in [0.2, 0.25) is 0 Å². The molecule has 0 radical (unpaired) electrons. The molecule has 4 aromatic rings. The van der Waals surface area contributed by atoms with Crippen LogP contribution in [0.25, 0.3) is 0 Å². The molecule has 0 amide bonds. The third-order valence-corrected chi connectivity index (χ3v) is 11.5. The zero-order chi connectivity index (χ0) is 31.6. The Kier molecular flexibility index (Phi) is 9.26. The fourth-order valence-electron chi connectivity index (χ4n) is 4.45.